The molecule has 0 atom stereocenters. The Labute approximate surface area is 138 Å². The van der Waals surface area contributed by atoms with Crippen LogP contribution >= 0.6 is 11.8 Å². The van der Waals surface area contributed by atoms with Gasteiger partial charge in [-0.25, -0.2) is 0 Å². The van der Waals surface area contributed by atoms with Crippen molar-refractivity contribution in [3.63, 3.8) is 0 Å². The maximum atomic E-state index is 12.3. The molecular weight excluding hydrogens is 310 g/mol. The van der Waals surface area contributed by atoms with Crippen LogP contribution in [0.2, 0.25) is 0 Å². The second-order valence-electron chi connectivity index (χ2n) is 5.25. The zero-order valence-corrected chi connectivity index (χ0v) is 13.9. The average Bonchev–Trinajstić information content (AvgIpc) is 3.10. The van der Waals surface area contributed by atoms with Gasteiger partial charge in [-0.3, -0.25) is 15.0 Å². The molecule has 6 nitrogen and oxygen atoms in total. The normalized spacial score (nSPS) is 10.7. The first kappa shape index (κ1) is 15.4. The predicted molar refractivity (Wildman–Crippen MR) is 89.9 cm³/mol. The molecule has 3 aromatic rings. The van der Waals surface area contributed by atoms with Crippen LogP contribution < -0.4 is 5.32 Å². The van der Waals surface area contributed by atoms with Crippen LogP contribution in [0, 0.1) is 20.8 Å². The topological polar surface area (TPSA) is 86.5 Å². The van der Waals surface area contributed by atoms with Gasteiger partial charge in [0.05, 0.1) is 16.3 Å². The number of anilines is 1. The molecule has 2 heterocycles. The molecule has 0 unspecified atom stereocenters. The van der Waals surface area contributed by atoms with E-state index in [0.717, 1.165) is 32.6 Å². The van der Waals surface area contributed by atoms with Gasteiger partial charge in [0, 0.05) is 16.3 Å². The average molecular weight is 327 g/mol. The number of rotatable bonds is 4. The maximum absolute atomic E-state index is 12.3. The molecule has 0 radical (unpaired) electrons. The van der Waals surface area contributed by atoms with Crippen LogP contribution in [0.25, 0.3) is 0 Å². The Morgan fingerprint density at radius 3 is 2.57 bits per heavy atom. The molecule has 118 valence electrons. The molecule has 0 bridgehead atoms. The number of carbonyl (C=O) groups excluding carboxylic acids is 1. The molecule has 0 saturated heterocycles. The van der Waals surface area contributed by atoms with E-state index in [4.69, 9.17) is 0 Å². The van der Waals surface area contributed by atoms with Crippen LogP contribution in [-0.4, -0.2) is 26.3 Å². The third kappa shape index (κ3) is 3.29. The molecule has 7 heteroatoms. The molecular formula is C16H17N5OS. The van der Waals surface area contributed by atoms with Gasteiger partial charge in [-0.15, -0.1) is 0 Å². The van der Waals surface area contributed by atoms with Crippen molar-refractivity contribution in [1.82, 2.24) is 20.4 Å². The van der Waals surface area contributed by atoms with Gasteiger partial charge in [0.15, 0.2) is 5.69 Å². The summed E-state index contributed by atoms with van der Waals surface area (Å²) >= 11 is 1.58. The quantitative estimate of drug-likeness (QED) is 0.685. The molecule has 1 aromatic carbocycles. The minimum Gasteiger partial charge on any atom is -0.320 e. The fourth-order valence-corrected chi connectivity index (χ4v) is 3.17. The number of hydrogen-bond donors (Lipinski definition) is 3. The lowest BCUT2D eigenvalue weighted by molar-refractivity contribution is 0.102. The number of benzene rings is 1. The fraction of sp³-hybridized carbons (Fsp3) is 0.188. The summed E-state index contributed by atoms with van der Waals surface area (Å²) < 4.78 is 0. The number of nitrogens with one attached hydrogen (secondary N) is 3. The Balaban J connectivity index is 1.85. The maximum Gasteiger partial charge on any atom is 0.276 e. The highest BCUT2D eigenvalue weighted by Crippen LogP contribution is 2.36. The van der Waals surface area contributed by atoms with Crippen molar-refractivity contribution in [3.8, 4) is 0 Å². The van der Waals surface area contributed by atoms with Gasteiger partial charge in [0.2, 0.25) is 0 Å². The molecule has 0 fully saturated rings. The van der Waals surface area contributed by atoms with Crippen molar-refractivity contribution < 1.29 is 4.79 Å². The Morgan fingerprint density at radius 2 is 1.91 bits per heavy atom. The van der Waals surface area contributed by atoms with E-state index in [-0.39, 0.29) is 5.91 Å². The molecule has 23 heavy (non-hydrogen) atoms. The van der Waals surface area contributed by atoms with Gasteiger partial charge in [-0.1, -0.05) is 23.9 Å². The molecule has 3 rings (SSSR count). The van der Waals surface area contributed by atoms with E-state index in [1.54, 1.807) is 17.8 Å². The number of hydrogen-bond acceptors (Lipinski definition) is 4. The number of amides is 1. The van der Waals surface area contributed by atoms with Crippen LogP contribution in [0.15, 0.2) is 40.1 Å². The number of aromatic nitrogens is 4. The number of nitrogens with zero attached hydrogens (tertiary/aromatic N) is 2. The third-order valence-electron chi connectivity index (χ3n) is 3.35. The smallest absolute Gasteiger partial charge is 0.276 e. The molecule has 0 spiro atoms. The number of para-hydroxylation sites is 1. The highest BCUT2D eigenvalue weighted by molar-refractivity contribution is 7.99. The van der Waals surface area contributed by atoms with E-state index in [1.165, 1.54) is 0 Å². The third-order valence-corrected chi connectivity index (χ3v) is 4.73. The SMILES string of the molecule is Cc1cc(C(=O)Nc2ccccc2Sc2c(C)n[nH]c2C)n[nH]1. The van der Waals surface area contributed by atoms with E-state index in [0.29, 0.717) is 5.69 Å². The fourth-order valence-electron chi connectivity index (χ4n) is 2.18. The van der Waals surface area contributed by atoms with Crippen LogP contribution in [-0.2, 0) is 0 Å². The lowest BCUT2D eigenvalue weighted by atomic mass is 10.3. The number of aryl methyl sites for hydroxylation is 3. The number of H-pyrrole nitrogens is 2. The zero-order valence-electron chi connectivity index (χ0n) is 13.1. The summed E-state index contributed by atoms with van der Waals surface area (Å²) in [5.41, 5.74) is 3.93. The zero-order chi connectivity index (χ0) is 16.4. The molecule has 2 aromatic heterocycles. The summed E-state index contributed by atoms with van der Waals surface area (Å²) in [5, 5.41) is 16.9. The Kier molecular flexibility index (Phi) is 4.20. The monoisotopic (exact) mass is 327 g/mol. The summed E-state index contributed by atoms with van der Waals surface area (Å²) in [6.45, 7) is 5.80. The standard InChI is InChI=1S/C16H17N5OS/c1-9-8-13(21-18-9)16(22)17-12-6-4-5-7-14(12)23-15-10(2)19-20-11(15)3/h4-8H,1-3H3,(H,17,22)(H,18,21)(H,19,20). The van der Waals surface area contributed by atoms with Gasteiger partial charge in [-0.2, -0.15) is 10.2 Å². The van der Waals surface area contributed by atoms with Crippen molar-refractivity contribution in [3.05, 3.63) is 53.1 Å². The molecule has 0 aliphatic rings. The summed E-state index contributed by atoms with van der Waals surface area (Å²) in [6, 6.07) is 9.41. The molecule has 0 aliphatic carbocycles. The first-order chi connectivity index (χ1) is 11.0. The van der Waals surface area contributed by atoms with Crippen molar-refractivity contribution in [2.75, 3.05) is 5.32 Å². The van der Waals surface area contributed by atoms with Crippen LogP contribution in [0.1, 0.15) is 27.6 Å². The lowest BCUT2D eigenvalue weighted by Crippen LogP contribution is -2.13. The summed E-state index contributed by atoms with van der Waals surface area (Å²) in [5.74, 6) is -0.233. The van der Waals surface area contributed by atoms with Gasteiger partial charge in [-0.05, 0) is 39.0 Å². The summed E-state index contributed by atoms with van der Waals surface area (Å²) in [6.07, 6.45) is 0. The second kappa shape index (κ2) is 6.29. The van der Waals surface area contributed by atoms with Gasteiger partial charge < -0.3 is 5.32 Å². The van der Waals surface area contributed by atoms with Crippen molar-refractivity contribution in [2.24, 2.45) is 0 Å². The summed E-state index contributed by atoms with van der Waals surface area (Å²) in [4.78, 5) is 14.3. The highest BCUT2D eigenvalue weighted by atomic mass is 32.2. The molecule has 3 N–H and O–H groups in total. The van der Waals surface area contributed by atoms with Crippen LogP contribution in [0.3, 0.4) is 0 Å². The van der Waals surface area contributed by atoms with E-state index in [2.05, 4.69) is 25.7 Å². The van der Waals surface area contributed by atoms with E-state index in [9.17, 15) is 4.79 Å². The van der Waals surface area contributed by atoms with E-state index >= 15 is 0 Å². The molecule has 0 saturated carbocycles. The van der Waals surface area contributed by atoms with Crippen molar-refractivity contribution in [2.45, 2.75) is 30.6 Å². The van der Waals surface area contributed by atoms with Crippen molar-refractivity contribution in [1.29, 1.82) is 0 Å². The second-order valence-corrected chi connectivity index (χ2v) is 6.30. The van der Waals surface area contributed by atoms with Crippen LogP contribution in [0.4, 0.5) is 5.69 Å². The van der Waals surface area contributed by atoms with Gasteiger partial charge >= 0.3 is 0 Å². The number of carbonyl (C=O) groups is 1. The number of aromatic amines is 2. The predicted octanol–water partition coefficient (Wildman–Crippen LogP) is 3.46. The Morgan fingerprint density at radius 1 is 1.13 bits per heavy atom. The largest absolute Gasteiger partial charge is 0.320 e. The minimum absolute atomic E-state index is 0.233. The molecule has 1 amide bonds. The highest BCUT2D eigenvalue weighted by Gasteiger charge is 2.14. The Bertz CT molecular complexity index is 832. The van der Waals surface area contributed by atoms with Gasteiger partial charge in [0.25, 0.3) is 5.91 Å². The van der Waals surface area contributed by atoms with Crippen molar-refractivity contribution >= 4 is 23.4 Å². The summed E-state index contributed by atoms with van der Waals surface area (Å²) in [7, 11) is 0. The lowest BCUT2D eigenvalue weighted by Gasteiger charge is -2.10. The first-order valence-corrected chi connectivity index (χ1v) is 7.98. The molecule has 0 aliphatic heterocycles. The first-order valence-electron chi connectivity index (χ1n) is 7.16. The van der Waals surface area contributed by atoms with Crippen LogP contribution in [0.5, 0.6) is 0 Å². The van der Waals surface area contributed by atoms with Gasteiger partial charge in [0.1, 0.15) is 0 Å². The van der Waals surface area contributed by atoms with E-state index < -0.39 is 0 Å². The van der Waals surface area contributed by atoms with E-state index in [1.807, 2.05) is 45.0 Å². The minimum atomic E-state index is -0.233. The Hall–Kier alpha value is -2.54.